The molecule has 11 aromatic rings. The smallest absolute Gasteiger partial charge is 0.0974 e. The molecule has 0 unspecified atom stereocenters. The number of nitrogens with zero attached hydrogens (tertiary/aromatic N) is 4. The molecule has 0 N–H and O–H groups in total. The molecular weight excluding hydrogens is 885 g/mol. The second-order valence-corrected chi connectivity index (χ2v) is 19.1. The Balaban J connectivity index is 0.846. The Bertz CT molecular complexity index is 3820. The van der Waals surface area contributed by atoms with Crippen LogP contribution in [-0.4, -0.2) is 9.97 Å². The summed E-state index contributed by atoms with van der Waals surface area (Å²) in [7, 11) is 0. The van der Waals surface area contributed by atoms with E-state index in [9.17, 15) is 0 Å². The fourth-order valence-corrected chi connectivity index (χ4v) is 9.97. The minimum Gasteiger partial charge on any atom is -0.310 e. The molecule has 0 aliphatic heterocycles. The van der Waals surface area contributed by atoms with Gasteiger partial charge in [-0.25, -0.2) is 0 Å². The molecule has 73 heavy (non-hydrogen) atoms. The molecule has 0 amide bonds. The summed E-state index contributed by atoms with van der Waals surface area (Å²) < 4.78 is 0. The van der Waals surface area contributed by atoms with Gasteiger partial charge in [-0.2, -0.15) is 0 Å². The first-order valence-electron chi connectivity index (χ1n) is 25.0. The van der Waals surface area contributed by atoms with Crippen LogP contribution >= 0.6 is 0 Å². The van der Waals surface area contributed by atoms with E-state index in [2.05, 4.69) is 293 Å². The van der Waals surface area contributed by atoms with E-state index in [1.54, 1.807) is 0 Å². The molecule has 0 atom stereocenters. The summed E-state index contributed by atoms with van der Waals surface area (Å²) in [6.07, 6.45) is 8.78. The molecule has 0 aliphatic rings. The van der Waals surface area contributed by atoms with Gasteiger partial charge in [-0.05, 0) is 181 Å². The highest BCUT2D eigenvalue weighted by Gasteiger charge is 2.19. The highest BCUT2D eigenvalue weighted by atomic mass is 15.2. The van der Waals surface area contributed by atoms with E-state index in [0.29, 0.717) is 0 Å². The van der Waals surface area contributed by atoms with Crippen molar-refractivity contribution in [2.75, 3.05) is 9.80 Å². The molecule has 352 valence electrons. The number of rotatable bonds is 12. The topological polar surface area (TPSA) is 32.3 Å². The molecule has 0 saturated carbocycles. The van der Waals surface area contributed by atoms with Crippen LogP contribution in [0.4, 0.5) is 34.1 Å². The van der Waals surface area contributed by atoms with Crippen molar-refractivity contribution in [3.8, 4) is 22.3 Å². The number of hydrogen-bond donors (Lipinski definition) is 0. The Morgan fingerprint density at radius 2 is 0.658 bits per heavy atom. The first-order chi connectivity index (χ1) is 35.7. The third-order valence-corrected chi connectivity index (χ3v) is 13.4. The molecule has 9 aromatic carbocycles. The van der Waals surface area contributed by atoms with Crippen molar-refractivity contribution in [1.29, 1.82) is 0 Å². The predicted octanol–water partition coefficient (Wildman–Crippen LogP) is 18.9. The van der Waals surface area contributed by atoms with Gasteiger partial charge in [0.2, 0.25) is 0 Å². The highest BCUT2D eigenvalue weighted by molar-refractivity contribution is 6.12. The van der Waals surface area contributed by atoms with E-state index >= 15 is 0 Å². The average molecular weight is 941 g/mol. The minimum atomic E-state index is 0.932. The van der Waals surface area contributed by atoms with Crippen molar-refractivity contribution in [3.05, 3.63) is 275 Å². The molecule has 4 nitrogen and oxygen atoms in total. The largest absolute Gasteiger partial charge is 0.310 e. The van der Waals surface area contributed by atoms with Crippen LogP contribution in [0.15, 0.2) is 224 Å². The average Bonchev–Trinajstić information content (AvgIpc) is 3.40. The Morgan fingerprint density at radius 1 is 0.288 bits per heavy atom. The Labute approximate surface area is 429 Å². The molecule has 2 heterocycles. The first kappa shape index (κ1) is 46.3. The third kappa shape index (κ3) is 10.1. The number of anilines is 6. The summed E-state index contributed by atoms with van der Waals surface area (Å²) in [4.78, 5) is 14.8. The molecule has 11 rings (SSSR count). The van der Waals surface area contributed by atoms with Crippen molar-refractivity contribution >= 4 is 80.2 Å². The lowest BCUT2D eigenvalue weighted by atomic mass is 9.94. The van der Waals surface area contributed by atoms with Gasteiger partial charge in [0.25, 0.3) is 0 Å². The zero-order valence-electron chi connectivity index (χ0n) is 42.0. The zero-order chi connectivity index (χ0) is 49.8. The summed E-state index contributed by atoms with van der Waals surface area (Å²) in [6.45, 7) is 10.6. The van der Waals surface area contributed by atoms with Crippen molar-refractivity contribution in [2.45, 2.75) is 34.6 Å². The van der Waals surface area contributed by atoms with Crippen molar-refractivity contribution in [3.63, 3.8) is 0 Å². The van der Waals surface area contributed by atoms with Crippen LogP contribution in [0, 0.1) is 34.6 Å². The van der Waals surface area contributed by atoms with Gasteiger partial charge in [0.15, 0.2) is 0 Å². The van der Waals surface area contributed by atoms with E-state index in [0.717, 1.165) is 101 Å². The molecule has 0 fully saturated rings. The summed E-state index contributed by atoms with van der Waals surface area (Å²) in [5, 5.41) is 2.21. The van der Waals surface area contributed by atoms with Crippen LogP contribution in [0.2, 0.25) is 0 Å². The summed E-state index contributed by atoms with van der Waals surface area (Å²) in [6, 6.07) is 80.7. The van der Waals surface area contributed by atoms with Crippen LogP contribution in [-0.2, 0) is 0 Å². The maximum atomic E-state index is 5.08. The van der Waals surface area contributed by atoms with Gasteiger partial charge in [-0.15, -0.1) is 0 Å². The van der Waals surface area contributed by atoms with Gasteiger partial charge in [0, 0.05) is 56.3 Å². The van der Waals surface area contributed by atoms with Crippen molar-refractivity contribution in [2.24, 2.45) is 0 Å². The van der Waals surface area contributed by atoms with Crippen LogP contribution < -0.4 is 9.80 Å². The first-order valence-corrected chi connectivity index (χ1v) is 25.0. The van der Waals surface area contributed by atoms with E-state index < -0.39 is 0 Å². The van der Waals surface area contributed by atoms with Gasteiger partial charge in [0.05, 0.1) is 11.0 Å². The number of benzene rings is 9. The van der Waals surface area contributed by atoms with Crippen molar-refractivity contribution < 1.29 is 0 Å². The summed E-state index contributed by atoms with van der Waals surface area (Å²) in [5.74, 6) is 0. The van der Waals surface area contributed by atoms with Gasteiger partial charge in [-0.1, -0.05) is 164 Å². The van der Waals surface area contributed by atoms with Crippen LogP contribution in [0.1, 0.15) is 50.3 Å². The lowest BCUT2D eigenvalue weighted by molar-refractivity contribution is 1.23. The Hall–Kier alpha value is -9.12. The second-order valence-electron chi connectivity index (χ2n) is 19.1. The Kier molecular flexibility index (Phi) is 12.9. The molecule has 0 radical (unpaired) electrons. The van der Waals surface area contributed by atoms with Gasteiger partial charge in [-0.3, -0.25) is 9.97 Å². The van der Waals surface area contributed by atoms with Gasteiger partial charge in [0.1, 0.15) is 0 Å². The molecular formula is C69H56N4. The molecule has 0 saturated heterocycles. The maximum Gasteiger partial charge on any atom is 0.0974 e. The fourth-order valence-electron chi connectivity index (χ4n) is 9.97. The number of aromatic nitrogens is 2. The third-order valence-electron chi connectivity index (χ3n) is 13.4. The maximum absolute atomic E-state index is 5.08. The van der Waals surface area contributed by atoms with Gasteiger partial charge >= 0.3 is 0 Å². The fraction of sp³-hybridized carbons (Fsp3) is 0.0725. The van der Waals surface area contributed by atoms with Gasteiger partial charge < -0.3 is 9.80 Å². The zero-order valence-corrected chi connectivity index (χ0v) is 42.0. The SMILES string of the molecule is Cc1cccc(N(c2cccc(C)c2)c2cccc(N(c3cccc(C)c3)c3cccc(C=Cc4ccc(C=Cc5cccc(-c6cc(C)nc7c6ccc6c(-c8ccccc8)cc(C)nc67)c5)cc4)c3)c2)c1. The van der Waals surface area contributed by atoms with E-state index in [1.807, 2.05) is 0 Å². The Morgan fingerprint density at radius 3 is 1.14 bits per heavy atom. The minimum absolute atomic E-state index is 0.932. The van der Waals surface area contributed by atoms with E-state index in [1.165, 1.54) is 27.8 Å². The molecule has 2 aromatic heterocycles. The lowest BCUT2D eigenvalue weighted by Crippen LogP contribution is -2.13. The highest BCUT2D eigenvalue weighted by Crippen LogP contribution is 2.42. The standard InChI is InChI=1S/C69H56N4/c1-47-15-9-23-58(39-47)72(59-24-10-16-48(2)40-59)62-27-14-28-63(46-62)73(60-25-11-17-49(3)41-60)61-26-13-19-55(45-61)36-34-53-31-29-52(30-32-53)33-35-54-18-12-22-57(44-54)67-43-51(5)71-69-65(67)38-37-64-66(42-50(4)70-68(64)69)56-20-7-6-8-21-56/h6-46H,1-5H3. The van der Waals surface area contributed by atoms with Crippen LogP contribution in [0.5, 0.6) is 0 Å². The lowest BCUT2D eigenvalue weighted by Gasteiger charge is -2.30. The summed E-state index contributed by atoms with van der Waals surface area (Å²) >= 11 is 0. The normalized spacial score (nSPS) is 11.5. The van der Waals surface area contributed by atoms with Crippen LogP contribution in [0.3, 0.4) is 0 Å². The number of fused-ring (bicyclic) bond motifs is 3. The second kappa shape index (κ2) is 20.3. The van der Waals surface area contributed by atoms with E-state index in [4.69, 9.17) is 9.97 Å². The molecule has 4 heteroatoms. The quantitative estimate of drug-likeness (QED) is 0.0902. The number of hydrogen-bond acceptors (Lipinski definition) is 4. The van der Waals surface area contributed by atoms with Crippen molar-refractivity contribution in [1.82, 2.24) is 9.97 Å². The van der Waals surface area contributed by atoms with Crippen LogP contribution in [0.25, 0.3) is 68.4 Å². The number of pyridine rings is 2. The monoisotopic (exact) mass is 940 g/mol. The molecule has 0 spiro atoms. The summed E-state index contributed by atoms with van der Waals surface area (Å²) in [5.41, 5.74) is 23.2. The predicted molar refractivity (Wildman–Crippen MR) is 312 cm³/mol. The molecule has 0 bridgehead atoms. The number of aryl methyl sites for hydroxylation is 5. The van der Waals surface area contributed by atoms with E-state index in [-0.39, 0.29) is 0 Å². The molecule has 0 aliphatic carbocycles.